The van der Waals surface area contributed by atoms with Crippen LogP contribution < -0.4 is 10.6 Å². The standard InChI is InChI=1S/C33H24N4O2/c1-22-11-12-27(33(39)37-29-9-5-7-26(19-29)31-10-2-3-17-35-31)20-30(22)24-13-15-25(16-14-24)32(38)36-28-8-4-6-23(18-28)21-34/h2-20H,1H3,(H,36,38)(H,37,39). The van der Waals surface area contributed by atoms with Gasteiger partial charge in [0, 0.05) is 34.3 Å². The number of hydrogen-bond acceptors (Lipinski definition) is 4. The number of aromatic nitrogens is 1. The molecule has 188 valence electrons. The number of nitrogens with one attached hydrogen (secondary N) is 2. The van der Waals surface area contributed by atoms with Crippen molar-refractivity contribution >= 4 is 23.2 Å². The summed E-state index contributed by atoms with van der Waals surface area (Å²) in [6, 6.07) is 34.9. The van der Waals surface area contributed by atoms with Crippen molar-refractivity contribution in [3.8, 4) is 28.5 Å². The zero-order valence-electron chi connectivity index (χ0n) is 21.2. The Morgan fingerprint density at radius 2 is 1.38 bits per heavy atom. The molecule has 0 aliphatic heterocycles. The van der Waals surface area contributed by atoms with Gasteiger partial charge < -0.3 is 10.6 Å². The van der Waals surface area contributed by atoms with Crippen LogP contribution in [0.5, 0.6) is 0 Å². The van der Waals surface area contributed by atoms with Gasteiger partial charge in [-0.05, 0) is 90.3 Å². The Bertz CT molecular complexity index is 1700. The Morgan fingerprint density at radius 1 is 0.692 bits per heavy atom. The third-order valence-electron chi connectivity index (χ3n) is 6.29. The fraction of sp³-hybridized carbons (Fsp3) is 0.0303. The second-order valence-electron chi connectivity index (χ2n) is 9.00. The van der Waals surface area contributed by atoms with E-state index in [-0.39, 0.29) is 11.8 Å². The highest BCUT2D eigenvalue weighted by Gasteiger charge is 2.12. The molecule has 39 heavy (non-hydrogen) atoms. The average Bonchev–Trinajstić information content (AvgIpc) is 2.98. The minimum absolute atomic E-state index is 0.218. The quantitative estimate of drug-likeness (QED) is 0.256. The average molecular weight is 509 g/mol. The number of benzene rings is 4. The lowest BCUT2D eigenvalue weighted by Gasteiger charge is -2.12. The van der Waals surface area contributed by atoms with Crippen molar-refractivity contribution in [1.82, 2.24) is 4.98 Å². The summed E-state index contributed by atoms with van der Waals surface area (Å²) in [5.41, 5.74) is 7.28. The minimum atomic E-state index is -0.269. The van der Waals surface area contributed by atoms with Crippen molar-refractivity contribution in [2.75, 3.05) is 10.6 Å². The number of nitrogens with zero attached hydrogens (tertiary/aromatic N) is 2. The smallest absolute Gasteiger partial charge is 0.255 e. The van der Waals surface area contributed by atoms with Gasteiger partial charge in [-0.25, -0.2) is 0 Å². The molecule has 2 N–H and O–H groups in total. The Kier molecular flexibility index (Phi) is 7.24. The third kappa shape index (κ3) is 5.90. The van der Waals surface area contributed by atoms with Crippen LogP contribution in [-0.4, -0.2) is 16.8 Å². The maximum Gasteiger partial charge on any atom is 0.255 e. The molecular weight excluding hydrogens is 484 g/mol. The molecule has 6 nitrogen and oxygen atoms in total. The Hall–Kier alpha value is -5.54. The van der Waals surface area contributed by atoms with Crippen LogP contribution in [0.1, 0.15) is 31.8 Å². The molecule has 6 heteroatoms. The van der Waals surface area contributed by atoms with E-state index in [9.17, 15) is 9.59 Å². The van der Waals surface area contributed by atoms with Crippen molar-refractivity contribution in [3.05, 3.63) is 138 Å². The fourth-order valence-corrected chi connectivity index (χ4v) is 4.24. The van der Waals surface area contributed by atoms with E-state index >= 15 is 0 Å². The first kappa shape index (κ1) is 25.1. The Morgan fingerprint density at radius 3 is 2.10 bits per heavy atom. The van der Waals surface area contributed by atoms with Crippen LogP contribution in [0.2, 0.25) is 0 Å². The molecular formula is C33H24N4O2. The monoisotopic (exact) mass is 508 g/mol. The number of carbonyl (C=O) groups excluding carboxylic acids is 2. The number of anilines is 2. The van der Waals surface area contributed by atoms with E-state index < -0.39 is 0 Å². The highest BCUT2D eigenvalue weighted by Crippen LogP contribution is 2.27. The van der Waals surface area contributed by atoms with Crippen molar-refractivity contribution in [2.45, 2.75) is 6.92 Å². The summed E-state index contributed by atoms with van der Waals surface area (Å²) in [5, 5.41) is 14.9. The molecule has 0 bridgehead atoms. The van der Waals surface area contributed by atoms with E-state index in [1.165, 1.54) is 0 Å². The van der Waals surface area contributed by atoms with E-state index in [2.05, 4.69) is 21.7 Å². The molecule has 4 aromatic carbocycles. The van der Waals surface area contributed by atoms with Gasteiger partial charge in [0.1, 0.15) is 0 Å². The Labute approximate surface area is 226 Å². The maximum absolute atomic E-state index is 13.1. The summed E-state index contributed by atoms with van der Waals surface area (Å²) in [5.74, 6) is -0.487. The summed E-state index contributed by atoms with van der Waals surface area (Å²) in [6.07, 6.45) is 1.74. The molecule has 2 amide bonds. The topological polar surface area (TPSA) is 94.9 Å². The van der Waals surface area contributed by atoms with Crippen LogP contribution in [0, 0.1) is 18.3 Å². The highest BCUT2D eigenvalue weighted by molar-refractivity contribution is 6.06. The van der Waals surface area contributed by atoms with Crippen LogP contribution in [0.25, 0.3) is 22.4 Å². The summed E-state index contributed by atoms with van der Waals surface area (Å²) in [4.78, 5) is 30.2. The van der Waals surface area contributed by atoms with Gasteiger partial charge in [-0.15, -0.1) is 0 Å². The second kappa shape index (κ2) is 11.2. The largest absolute Gasteiger partial charge is 0.322 e. The molecule has 5 rings (SSSR count). The van der Waals surface area contributed by atoms with Gasteiger partial charge in [0.2, 0.25) is 0 Å². The normalized spacial score (nSPS) is 10.4. The SMILES string of the molecule is Cc1ccc(C(=O)Nc2cccc(-c3ccccn3)c2)cc1-c1ccc(C(=O)Nc2cccc(C#N)c2)cc1. The van der Waals surface area contributed by atoms with E-state index in [1.54, 1.807) is 48.7 Å². The summed E-state index contributed by atoms with van der Waals surface area (Å²) >= 11 is 0. The molecule has 0 spiro atoms. The summed E-state index contributed by atoms with van der Waals surface area (Å²) in [6.45, 7) is 1.98. The highest BCUT2D eigenvalue weighted by atomic mass is 16.2. The van der Waals surface area contributed by atoms with Crippen LogP contribution in [0.3, 0.4) is 0 Å². The number of pyridine rings is 1. The van der Waals surface area contributed by atoms with Crippen LogP contribution in [-0.2, 0) is 0 Å². The third-order valence-corrected chi connectivity index (χ3v) is 6.29. The lowest BCUT2D eigenvalue weighted by molar-refractivity contribution is 0.101. The van der Waals surface area contributed by atoms with Crippen LogP contribution in [0.15, 0.2) is 115 Å². The molecule has 0 aliphatic carbocycles. The number of carbonyl (C=O) groups is 2. The number of nitriles is 1. The first-order valence-corrected chi connectivity index (χ1v) is 12.4. The first-order chi connectivity index (χ1) is 19.0. The number of hydrogen-bond donors (Lipinski definition) is 2. The van der Waals surface area contributed by atoms with E-state index in [0.29, 0.717) is 28.1 Å². The molecule has 0 radical (unpaired) electrons. The van der Waals surface area contributed by atoms with E-state index in [0.717, 1.165) is 27.9 Å². The molecule has 0 fully saturated rings. The molecule has 1 aromatic heterocycles. The predicted octanol–water partition coefficient (Wildman–Crippen LogP) is 7.10. The summed E-state index contributed by atoms with van der Waals surface area (Å²) < 4.78 is 0. The predicted molar refractivity (Wildman–Crippen MR) is 153 cm³/mol. The molecule has 0 aliphatic rings. The van der Waals surface area contributed by atoms with Crippen molar-refractivity contribution in [1.29, 1.82) is 5.26 Å². The molecule has 5 aromatic rings. The lowest BCUT2D eigenvalue weighted by atomic mass is 9.97. The maximum atomic E-state index is 13.1. The molecule has 0 saturated carbocycles. The van der Waals surface area contributed by atoms with Gasteiger partial charge in [0.25, 0.3) is 11.8 Å². The van der Waals surface area contributed by atoms with Gasteiger partial charge in [0.15, 0.2) is 0 Å². The summed E-state index contributed by atoms with van der Waals surface area (Å²) in [7, 11) is 0. The minimum Gasteiger partial charge on any atom is -0.322 e. The van der Waals surface area contributed by atoms with E-state index in [1.807, 2.05) is 73.7 Å². The second-order valence-corrected chi connectivity index (χ2v) is 9.00. The lowest BCUT2D eigenvalue weighted by Crippen LogP contribution is -2.12. The number of amides is 2. The zero-order chi connectivity index (χ0) is 27.2. The number of rotatable bonds is 6. The molecule has 0 saturated heterocycles. The fourth-order valence-electron chi connectivity index (χ4n) is 4.24. The van der Waals surface area contributed by atoms with E-state index in [4.69, 9.17) is 5.26 Å². The molecule has 0 atom stereocenters. The van der Waals surface area contributed by atoms with Gasteiger partial charge in [-0.3, -0.25) is 14.6 Å². The number of aryl methyl sites for hydroxylation is 1. The van der Waals surface area contributed by atoms with Crippen LogP contribution >= 0.6 is 0 Å². The van der Waals surface area contributed by atoms with Crippen molar-refractivity contribution in [2.24, 2.45) is 0 Å². The van der Waals surface area contributed by atoms with Gasteiger partial charge in [0.05, 0.1) is 17.3 Å². The molecule has 0 unspecified atom stereocenters. The van der Waals surface area contributed by atoms with Crippen molar-refractivity contribution in [3.63, 3.8) is 0 Å². The zero-order valence-corrected chi connectivity index (χ0v) is 21.2. The van der Waals surface area contributed by atoms with Gasteiger partial charge in [-0.1, -0.05) is 42.5 Å². The van der Waals surface area contributed by atoms with Gasteiger partial charge in [-0.2, -0.15) is 5.26 Å². The van der Waals surface area contributed by atoms with Crippen LogP contribution in [0.4, 0.5) is 11.4 Å². The van der Waals surface area contributed by atoms with Gasteiger partial charge >= 0.3 is 0 Å². The first-order valence-electron chi connectivity index (χ1n) is 12.4. The Balaban J connectivity index is 1.32. The molecule has 1 heterocycles. The van der Waals surface area contributed by atoms with Crippen molar-refractivity contribution < 1.29 is 9.59 Å².